The number of anilines is 1. The fraction of sp³-hybridized carbons (Fsp3) is 0.571. The third kappa shape index (κ3) is 6.43. The molecule has 21 heavy (non-hydrogen) atoms. The van der Waals surface area contributed by atoms with Gasteiger partial charge in [0.1, 0.15) is 0 Å². The van der Waals surface area contributed by atoms with E-state index in [-0.39, 0.29) is 5.75 Å². The highest BCUT2D eigenvalue weighted by molar-refractivity contribution is 7.88. The number of hydrogen-bond donors (Lipinski definition) is 1. The van der Waals surface area contributed by atoms with Crippen LogP contribution >= 0.6 is 0 Å². The van der Waals surface area contributed by atoms with Crippen LogP contribution in [0.3, 0.4) is 0 Å². The molecule has 0 saturated heterocycles. The molecule has 0 saturated carbocycles. The predicted molar refractivity (Wildman–Crippen MR) is 83.4 cm³/mol. The van der Waals surface area contributed by atoms with E-state index in [1.807, 2.05) is 0 Å². The third-order valence-corrected chi connectivity index (χ3v) is 4.84. The predicted octanol–water partition coefficient (Wildman–Crippen LogP) is 1.08. The van der Waals surface area contributed by atoms with E-state index in [1.54, 1.807) is 38.5 Å². The lowest BCUT2D eigenvalue weighted by molar-refractivity contribution is 0.164. The lowest BCUT2D eigenvalue weighted by Crippen LogP contribution is -2.36. The van der Waals surface area contributed by atoms with Crippen LogP contribution in [0, 0.1) is 0 Å². The van der Waals surface area contributed by atoms with Gasteiger partial charge in [-0.15, -0.1) is 0 Å². The quantitative estimate of drug-likeness (QED) is 0.516. The monoisotopic (exact) mass is 316 g/mol. The Labute approximate surface area is 126 Å². The molecule has 0 spiro atoms. The van der Waals surface area contributed by atoms with Crippen molar-refractivity contribution in [2.75, 3.05) is 46.3 Å². The minimum Gasteiger partial charge on any atom is -0.399 e. The summed E-state index contributed by atoms with van der Waals surface area (Å²) >= 11 is 0. The Morgan fingerprint density at radius 1 is 1.14 bits per heavy atom. The van der Waals surface area contributed by atoms with Crippen LogP contribution in [-0.4, -0.2) is 53.2 Å². The topological polar surface area (TPSA) is 81.9 Å². The van der Waals surface area contributed by atoms with E-state index in [0.717, 1.165) is 0 Å². The van der Waals surface area contributed by atoms with E-state index in [1.165, 1.54) is 4.31 Å². The Kier molecular flexibility index (Phi) is 7.66. The first-order chi connectivity index (χ1) is 9.99. The summed E-state index contributed by atoms with van der Waals surface area (Å²) < 4.78 is 36.4. The highest BCUT2D eigenvalue weighted by Crippen LogP contribution is 2.14. The fourth-order valence-corrected chi connectivity index (χ4v) is 3.50. The lowest BCUT2D eigenvalue weighted by atomic mass is 10.2. The molecule has 1 aromatic rings. The van der Waals surface area contributed by atoms with Gasteiger partial charge in [-0.1, -0.05) is 12.1 Å². The Balaban J connectivity index is 2.76. The summed E-state index contributed by atoms with van der Waals surface area (Å²) in [6.07, 6.45) is 0.649. The van der Waals surface area contributed by atoms with Gasteiger partial charge in [0.15, 0.2) is 0 Å². The number of ether oxygens (including phenoxy) is 2. The van der Waals surface area contributed by atoms with Gasteiger partial charge in [0, 0.05) is 39.6 Å². The average molecular weight is 316 g/mol. The summed E-state index contributed by atoms with van der Waals surface area (Å²) in [6.45, 7) is 1.65. The van der Waals surface area contributed by atoms with Crippen molar-refractivity contribution in [3.05, 3.63) is 29.8 Å². The molecular weight excluding hydrogens is 292 g/mol. The number of nitrogens with two attached hydrogens (primary N) is 1. The van der Waals surface area contributed by atoms with Crippen molar-refractivity contribution < 1.29 is 17.9 Å². The summed E-state index contributed by atoms with van der Waals surface area (Å²) in [5, 5.41) is 0. The zero-order valence-electron chi connectivity index (χ0n) is 12.6. The van der Waals surface area contributed by atoms with Gasteiger partial charge in [-0.25, -0.2) is 8.42 Å². The van der Waals surface area contributed by atoms with Crippen LogP contribution in [-0.2, 0) is 25.2 Å². The molecular formula is C14H24N2O4S. The van der Waals surface area contributed by atoms with Crippen LogP contribution < -0.4 is 5.73 Å². The Morgan fingerprint density at radius 3 is 2.48 bits per heavy atom. The summed E-state index contributed by atoms with van der Waals surface area (Å²) in [6, 6.07) is 6.93. The van der Waals surface area contributed by atoms with Crippen molar-refractivity contribution in [3.8, 4) is 0 Å². The third-order valence-electron chi connectivity index (χ3n) is 2.99. The highest BCUT2D eigenvalue weighted by atomic mass is 32.2. The number of benzene rings is 1. The zero-order valence-corrected chi connectivity index (χ0v) is 13.4. The van der Waals surface area contributed by atoms with Gasteiger partial charge >= 0.3 is 0 Å². The molecule has 7 heteroatoms. The van der Waals surface area contributed by atoms with Gasteiger partial charge in [0.25, 0.3) is 0 Å². The molecule has 0 aliphatic heterocycles. The number of hydrogen-bond acceptors (Lipinski definition) is 5. The van der Waals surface area contributed by atoms with E-state index in [9.17, 15) is 8.42 Å². The molecule has 0 bridgehead atoms. The molecule has 0 aliphatic rings. The van der Waals surface area contributed by atoms with E-state index < -0.39 is 10.0 Å². The van der Waals surface area contributed by atoms with Crippen molar-refractivity contribution in [2.45, 2.75) is 12.2 Å². The van der Waals surface area contributed by atoms with Gasteiger partial charge in [0.05, 0.1) is 12.4 Å². The van der Waals surface area contributed by atoms with Crippen LogP contribution in [0.15, 0.2) is 24.3 Å². The molecule has 0 fully saturated rings. The molecule has 0 aliphatic carbocycles. The number of sulfonamides is 1. The first-order valence-electron chi connectivity index (χ1n) is 6.79. The molecule has 0 unspecified atom stereocenters. The van der Waals surface area contributed by atoms with Crippen molar-refractivity contribution in [2.24, 2.45) is 0 Å². The smallest absolute Gasteiger partial charge is 0.218 e. The van der Waals surface area contributed by atoms with Crippen molar-refractivity contribution >= 4 is 15.7 Å². The first kappa shape index (κ1) is 17.9. The molecule has 2 N–H and O–H groups in total. The summed E-state index contributed by atoms with van der Waals surface area (Å²) in [4.78, 5) is 0. The number of rotatable bonds is 10. The number of methoxy groups -OCH3 is 2. The molecule has 0 amide bonds. The Morgan fingerprint density at radius 2 is 1.86 bits per heavy atom. The second-order valence-electron chi connectivity index (χ2n) is 4.74. The van der Waals surface area contributed by atoms with Crippen molar-refractivity contribution in [1.29, 1.82) is 0 Å². The standard InChI is InChI=1S/C14H24N2O4S/c1-19-9-4-7-16(8-10-20-2)21(17,18)12-13-5-3-6-14(15)11-13/h3,5-6,11H,4,7-10,12,15H2,1-2H3. The molecule has 120 valence electrons. The normalized spacial score (nSPS) is 12.0. The fourth-order valence-electron chi connectivity index (χ4n) is 1.95. The summed E-state index contributed by atoms with van der Waals surface area (Å²) in [7, 11) is -0.251. The second-order valence-corrected chi connectivity index (χ2v) is 6.71. The van der Waals surface area contributed by atoms with E-state index >= 15 is 0 Å². The second kappa shape index (κ2) is 8.99. The average Bonchev–Trinajstić information content (AvgIpc) is 2.42. The zero-order chi connectivity index (χ0) is 15.7. The maximum Gasteiger partial charge on any atom is 0.218 e. The van der Waals surface area contributed by atoms with E-state index in [0.29, 0.717) is 44.0 Å². The van der Waals surface area contributed by atoms with Crippen molar-refractivity contribution in [1.82, 2.24) is 4.31 Å². The molecule has 1 aromatic carbocycles. The first-order valence-corrected chi connectivity index (χ1v) is 8.40. The van der Waals surface area contributed by atoms with Crippen LogP contribution in [0.2, 0.25) is 0 Å². The van der Waals surface area contributed by atoms with Gasteiger partial charge in [-0.2, -0.15) is 4.31 Å². The largest absolute Gasteiger partial charge is 0.399 e. The molecule has 0 aromatic heterocycles. The van der Waals surface area contributed by atoms with Crippen LogP contribution in [0.1, 0.15) is 12.0 Å². The van der Waals surface area contributed by atoms with Crippen molar-refractivity contribution in [3.63, 3.8) is 0 Å². The maximum atomic E-state index is 12.5. The maximum absolute atomic E-state index is 12.5. The van der Waals surface area contributed by atoms with Crippen LogP contribution in [0.25, 0.3) is 0 Å². The Bertz CT molecular complexity index is 519. The SMILES string of the molecule is COCCCN(CCOC)S(=O)(=O)Cc1cccc(N)c1. The molecule has 1 rings (SSSR count). The molecule has 0 radical (unpaired) electrons. The van der Waals surface area contributed by atoms with Crippen LogP contribution in [0.4, 0.5) is 5.69 Å². The minimum atomic E-state index is -3.40. The molecule has 0 heterocycles. The van der Waals surface area contributed by atoms with Gasteiger partial charge < -0.3 is 15.2 Å². The van der Waals surface area contributed by atoms with E-state index in [4.69, 9.17) is 15.2 Å². The van der Waals surface area contributed by atoms with Gasteiger partial charge in [-0.3, -0.25) is 0 Å². The lowest BCUT2D eigenvalue weighted by Gasteiger charge is -2.22. The Hall–Kier alpha value is -1.15. The highest BCUT2D eigenvalue weighted by Gasteiger charge is 2.22. The molecule has 0 atom stereocenters. The minimum absolute atomic E-state index is 0.0608. The molecule has 6 nitrogen and oxygen atoms in total. The number of nitrogens with zero attached hydrogens (tertiary/aromatic N) is 1. The van der Waals surface area contributed by atoms with Gasteiger partial charge in [-0.05, 0) is 24.1 Å². The summed E-state index contributed by atoms with van der Waals surface area (Å²) in [5.74, 6) is -0.0608. The number of nitrogen functional groups attached to an aromatic ring is 1. The summed E-state index contributed by atoms with van der Waals surface area (Å²) in [5.41, 5.74) is 6.93. The van der Waals surface area contributed by atoms with E-state index in [2.05, 4.69) is 0 Å². The van der Waals surface area contributed by atoms with Gasteiger partial charge in [0.2, 0.25) is 10.0 Å². The van der Waals surface area contributed by atoms with Crippen LogP contribution in [0.5, 0.6) is 0 Å².